The summed E-state index contributed by atoms with van der Waals surface area (Å²) in [5.41, 5.74) is 1.29. The van der Waals surface area contributed by atoms with Gasteiger partial charge in [-0.05, 0) is 23.8 Å². The summed E-state index contributed by atoms with van der Waals surface area (Å²) in [6.07, 6.45) is 1.83. The Hall–Kier alpha value is -2.34. The molecule has 1 aromatic heterocycles. The van der Waals surface area contributed by atoms with Crippen LogP contribution in [0.4, 0.5) is 11.8 Å². The lowest BCUT2D eigenvalue weighted by molar-refractivity contribution is 0.249. The van der Waals surface area contributed by atoms with Gasteiger partial charge < -0.3 is 14.5 Å². The lowest BCUT2D eigenvalue weighted by atomic mass is 10.2. The summed E-state index contributed by atoms with van der Waals surface area (Å²) in [5, 5.41) is 0. The van der Waals surface area contributed by atoms with Crippen molar-refractivity contribution in [2.24, 2.45) is 0 Å². The Balaban J connectivity index is 1.58. The van der Waals surface area contributed by atoms with Crippen LogP contribution in [0.3, 0.4) is 0 Å². The number of benzene rings is 1. The first-order valence-corrected chi connectivity index (χ1v) is 8.26. The van der Waals surface area contributed by atoms with Gasteiger partial charge >= 0.3 is 0 Å². The van der Waals surface area contributed by atoms with Crippen molar-refractivity contribution < 1.29 is 4.74 Å². The molecule has 128 valence electrons. The van der Waals surface area contributed by atoms with Gasteiger partial charge in [-0.2, -0.15) is 4.98 Å². The summed E-state index contributed by atoms with van der Waals surface area (Å²) < 4.78 is 5.30. The van der Waals surface area contributed by atoms with Crippen LogP contribution in [-0.4, -0.2) is 62.3 Å². The van der Waals surface area contributed by atoms with E-state index in [4.69, 9.17) is 4.74 Å². The molecule has 0 N–H and O–H groups in total. The summed E-state index contributed by atoms with van der Waals surface area (Å²) >= 11 is 0. The number of piperazine rings is 1. The number of ether oxygens (including phenoxy) is 1. The third kappa shape index (κ3) is 3.94. The van der Waals surface area contributed by atoms with E-state index in [2.05, 4.69) is 31.9 Å². The molecule has 1 aliphatic rings. The molecule has 0 spiro atoms. The number of hydrogen-bond acceptors (Lipinski definition) is 6. The molecule has 6 nitrogen and oxygen atoms in total. The first-order chi connectivity index (χ1) is 11.7. The molecule has 0 aliphatic carbocycles. The maximum absolute atomic E-state index is 5.30. The van der Waals surface area contributed by atoms with Gasteiger partial charge in [-0.15, -0.1) is 0 Å². The van der Waals surface area contributed by atoms with E-state index in [0.29, 0.717) is 0 Å². The van der Waals surface area contributed by atoms with E-state index in [1.54, 1.807) is 7.11 Å². The summed E-state index contributed by atoms with van der Waals surface area (Å²) in [4.78, 5) is 15.7. The van der Waals surface area contributed by atoms with Crippen molar-refractivity contribution in [3.63, 3.8) is 0 Å². The van der Waals surface area contributed by atoms with Crippen LogP contribution in [0.5, 0.6) is 5.75 Å². The van der Waals surface area contributed by atoms with E-state index in [-0.39, 0.29) is 0 Å². The zero-order chi connectivity index (χ0) is 16.9. The second-order valence-corrected chi connectivity index (χ2v) is 6.22. The highest BCUT2D eigenvalue weighted by atomic mass is 16.5. The van der Waals surface area contributed by atoms with Gasteiger partial charge in [0.25, 0.3) is 0 Å². The topological polar surface area (TPSA) is 44.7 Å². The first kappa shape index (κ1) is 16.5. The predicted octanol–water partition coefficient (Wildman–Crippen LogP) is 1.87. The van der Waals surface area contributed by atoms with Gasteiger partial charge in [-0.3, -0.25) is 4.90 Å². The molecule has 0 unspecified atom stereocenters. The van der Waals surface area contributed by atoms with Crippen LogP contribution >= 0.6 is 0 Å². The summed E-state index contributed by atoms with van der Waals surface area (Å²) in [7, 11) is 5.64. The maximum Gasteiger partial charge on any atom is 0.226 e. The third-order valence-corrected chi connectivity index (χ3v) is 4.26. The number of hydrogen-bond donors (Lipinski definition) is 0. The fraction of sp³-hybridized carbons (Fsp3) is 0.444. The third-order valence-electron chi connectivity index (χ3n) is 4.26. The van der Waals surface area contributed by atoms with E-state index in [9.17, 15) is 0 Å². The second-order valence-electron chi connectivity index (χ2n) is 6.22. The van der Waals surface area contributed by atoms with Gasteiger partial charge in [0, 0.05) is 53.0 Å². The largest absolute Gasteiger partial charge is 0.497 e. The van der Waals surface area contributed by atoms with Gasteiger partial charge in [0.2, 0.25) is 5.95 Å². The molecule has 0 amide bonds. The zero-order valence-corrected chi connectivity index (χ0v) is 14.6. The van der Waals surface area contributed by atoms with Crippen molar-refractivity contribution >= 4 is 11.8 Å². The molecule has 0 radical (unpaired) electrons. The highest BCUT2D eigenvalue weighted by Crippen LogP contribution is 2.18. The van der Waals surface area contributed by atoms with E-state index >= 15 is 0 Å². The number of aromatic nitrogens is 2. The van der Waals surface area contributed by atoms with E-state index in [1.165, 1.54) is 5.56 Å². The summed E-state index contributed by atoms with van der Waals surface area (Å²) in [6, 6.07) is 10.3. The van der Waals surface area contributed by atoms with Gasteiger partial charge in [0.15, 0.2) is 0 Å². The van der Waals surface area contributed by atoms with Crippen LogP contribution in [0, 0.1) is 0 Å². The number of nitrogens with zero attached hydrogens (tertiary/aromatic N) is 5. The molecule has 1 aliphatic heterocycles. The molecule has 1 fully saturated rings. The molecule has 0 bridgehead atoms. The molecule has 6 heteroatoms. The van der Waals surface area contributed by atoms with Crippen LogP contribution in [0.25, 0.3) is 0 Å². The lowest BCUT2D eigenvalue weighted by Crippen LogP contribution is -2.46. The molecule has 1 aromatic carbocycles. The van der Waals surface area contributed by atoms with Crippen molar-refractivity contribution in [2.45, 2.75) is 6.54 Å². The Bertz CT molecular complexity index is 668. The van der Waals surface area contributed by atoms with Crippen molar-refractivity contribution in [2.75, 3.05) is 57.2 Å². The molecule has 1 saturated heterocycles. The minimum absolute atomic E-state index is 0.756. The van der Waals surface area contributed by atoms with Crippen LogP contribution in [0.2, 0.25) is 0 Å². The van der Waals surface area contributed by atoms with Crippen molar-refractivity contribution in [1.29, 1.82) is 0 Å². The number of anilines is 2. The fourth-order valence-corrected chi connectivity index (χ4v) is 2.89. The maximum atomic E-state index is 5.30. The second kappa shape index (κ2) is 7.49. The van der Waals surface area contributed by atoms with Gasteiger partial charge in [-0.25, -0.2) is 4.98 Å². The van der Waals surface area contributed by atoms with E-state index in [0.717, 1.165) is 50.2 Å². The minimum atomic E-state index is 0.756. The molecule has 2 aromatic rings. The Labute approximate surface area is 143 Å². The molecule has 0 atom stereocenters. The molecule has 2 heterocycles. The molecule has 3 rings (SSSR count). The quantitative estimate of drug-likeness (QED) is 0.835. The fourth-order valence-electron chi connectivity index (χ4n) is 2.89. The molecule has 0 saturated carbocycles. The molecular formula is C18H25N5O. The van der Waals surface area contributed by atoms with Crippen LogP contribution in [0.1, 0.15) is 5.56 Å². The first-order valence-electron chi connectivity index (χ1n) is 8.26. The lowest BCUT2D eigenvalue weighted by Gasteiger charge is -2.35. The van der Waals surface area contributed by atoms with Gasteiger partial charge in [0.05, 0.1) is 7.11 Å². The van der Waals surface area contributed by atoms with Crippen LogP contribution < -0.4 is 14.5 Å². The number of methoxy groups -OCH3 is 1. The van der Waals surface area contributed by atoms with Crippen LogP contribution in [-0.2, 0) is 6.54 Å². The monoisotopic (exact) mass is 327 g/mol. The summed E-state index contributed by atoms with van der Waals surface area (Å²) in [6.45, 7) is 4.97. The zero-order valence-electron chi connectivity index (χ0n) is 14.6. The minimum Gasteiger partial charge on any atom is -0.497 e. The van der Waals surface area contributed by atoms with Crippen molar-refractivity contribution in [3.05, 3.63) is 42.1 Å². The smallest absolute Gasteiger partial charge is 0.226 e. The van der Waals surface area contributed by atoms with Crippen LogP contribution in [0.15, 0.2) is 36.5 Å². The normalized spacial score (nSPS) is 15.4. The van der Waals surface area contributed by atoms with E-state index < -0.39 is 0 Å². The predicted molar refractivity (Wildman–Crippen MR) is 96.8 cm³/mol. The summed E-state index contributed by atoms with van der Waals surface area (Å²) in [5.74, 6) is 2.68. The SMILES string of the molecule is COc1cccc(CN2CCN(c3ccnc(N(C)C)n3)CC2)c1. The molecule has 24 heavy (non-hydrogen) atoms. The van der Waals surface area contributed by atoms with Gasteiger partial charge in [0.1, 0.15) is 11.6 Å². The Kier molecular flexibility index (Phi) is 5.15. The average Bonchev–Trinajstić information content (AvgIpc) is 2.62. The Morgan fingerprint density at radius 2 is 1.92 bits per heavy atom. The Morgan fingerprint density at radius 1 is 1.12 bits per heavy atom. The van der Waals surface area contributed by atoms with Gasteiger partial charge in [-0.1, -0.05) is 12.1 Å². The highest BCUT2D eigenvalue weighted by molar-refractivity contribution is 5.43. The molecular weight excluding hydrogens is 302 g/mol. The average molecular weight is 327 g/mol. The Morgan fingerprint density at radius 3 is 2.62 bits per heavy atom. The van der Waals surface area contributed by atoms with Crippen molar-refractivity contribution in [1.82, 2.24) is 14.9 Å². The van der Waals surface area contributed by atoms with E-state index in [1.807, 2.05) is 43.4 Å². The highest BCUT2D eigenvalue weighted by Gasteiger charge is 2.19. The standard InChI is InChI=1S/C18H25N5O/c1-21(2)18-19-8-7-17(20-18)23-11-9-22(10-12-23)14-15-5-4-6-16(13-15)24-3/h4-8,13H,9-12,14H2,1-3H3. The van der Waals surface area contributed by atoms with Crippen molar-refractivity contribution in [3.8, 4) is 5.75 Å². The number of rotatable bonds is 5.